The number of anilines is 1. The molecule has 80 valence electrons. The van der Waals surface area contributed by atoms with Crippen molar-refractivity contribution in [3.8, 4) is 0 Å². The van der Waals surface area contributed by atoms with E-state index in [9.17, 15) is 0 Å². The van der Waals surface area contributed by atoms with Crippen LogP contribution in [0.1, 0.15) is 6.92 Å². The average Bonchev–Trinajstić information content (AvgIpc) is 2.49. The quantitative estimate of drug-likeness (QED) is 0.641. The lowest BCUT2D eigenvalue weighted by atomic mass is 10.8. The molecule has 0 spiro atoms. The third-order valence-corrected chi connectivity index (χ3v) is 7.01. The summed E-state index contributed by atoms with van der Waals surface area (Å²) in [7, 11) is -0.968. The number of hydrogen-bond donors (Lipinski definition) is 1. The van der Waals surface area contributed by atoms with Crippen molar-refractivity contribution in [1.29, 1.82) is 0 Å². The molecule has 0 saturated heterocycles. The summed E-state index contributed by atoms with van der Waals surface area (Å²) >= 11 is 3.49. The zero-order valence-corrected chi connectivity index (χ0v) is 11.8. The highest BCUT2D eigenvalue weighted by Gasteiger charge is 2.14. The Morgan fingerprint density at radius 3 is 2.64 bits per heavy atom. The first kappa shape index (κ1) is 12.0. The van der Waals surface area contributed by atoms with Crippen LogP contribution in [0.2, 0.25) is 19.6 Å². The summed E-state index contributed by atoms with van der Waals surface area (Å²) in [6.45, 7) is 10.1. The molecule has 1 rings (SSSR count). The molecule has 6 heteroatoms. The van der Waals surface area contributed by atoms with Gasteiger partial charge in [0.1, 0.15) is 0 Å². The molecule has 3 nitrogen and oxygen atoms in total. The molecular formula is C8H17N3S2Si. The molecule has 1 heterocycles. The van der Waals surface area contributed by atoms with Crippen LogP contribution in [0, 0.1) is 0 Å². The van der Waals surface area contributed by atoms with E-state index in [4.69, 9.17) is 0 Å². The lowest BCUT2D eigenvalue weighted by Crippen LogP contribution is -2.23. The first-order chi connectivity index (χ1) is 6.51. The molecule has 0 atom stereocenters. The first-order valence-corrected chi connectivity index (χ1v) is 10.2. The summed E-state index contributed by atoms with van der Waals surface area (Å²) in [5.41, 5.74) is 0. The minimum absolute atomic E-state index is 0.910. The monoisotopic (exact) mass is 247 g/mol. The summed E-state index contributed by atoms with van der Waals surface area (Å²) in [6.07, 6.45) is 0. The van der Waals surface area contributed by atoms with Gasteiger partial charge in [-0.25, -0.2) is 0 Å². The van der Waals surface area contributed by atoms with Crippen molar-refractivity contribution in [2.75, 3.05) is 17.2 Å². The van der Waals surface area contributed by atoms with Crippen LogP contribution in [0.4, 0.5) is 5.13 Å². The average molecular weight is 247 g/mol. The SMILES string of the molecule is CCNc1nnc(SC[Si](C)(C)C)s1. The topological polar surface area (TPSA) is 37.8 Å². The van der Waals surface area contributed by atoms with Gasteiger partial charge in [-0.1, -0.05) is 42.7 Å². The second kappa shape index (κ2) is 5.13. The predicted octanol–water partition coefficient (Wildman–Crippen LogP) is 2.94. The molecule has 0 saturated carbocycles. The van der Waals surface area contributed by atoms with Crippen molar-refractivity contribution >= 4 is 36.3 Å². The molecule has 1 N–H and O–H groups in total. The van der Waals surface area contributed by atoms with E-state index < -0.39 is 8.07 Å². The zero-order valence-electron chi connectivity index (χ0n) is 9.13. The number of aromatic nitrogens is 2. The normalized spacial score (nSPS) is 11.7. The maximum atomic E-state index is 4.13. The van der Waals surface area contributed by atoms with Gasteiger partial charge in [-0.15, -0.1) is 10.2 Å². The third kappa shape index (κ3) is 4.43. The highest BCUT2D eigenvalue weighted by atomic mass is 32.2. The zero-order chi connectivity index (χ0) is 10.6. The Bertz CT molecular complexity index is 282. The number of hydrogen-bond acceptors (Lipinski definition) is 5. The van der Waals surface area contributed by atoms with Gasteiger partial charge in [0, 0.05) is 6.54 Å². The van der Waals surface area contributed by atoms with E-state index in [1.807, 2.05) is 11.8 Å². The van der Waals surface area contributed by atoms with E-state index in [-0.39, 0.29) is 0 Å². The van der Waals surface area contributed by atoms with Gasteiger partial charge in [-0.3, -0.25) is 0 Å². The Balaban J connectivity index is 2.44. The third-order valence-electron chi connectivity index (χ3n) is 1.36. The van der Waals surface area contributed by atoms with Crippen LogP contribution in [0.25, 0.3) is 0 Å². The molecule has 0 aromatic carbocycles. The molecule has 0 aliphatic carbocycles. The molecule has 1 aromatic rings. The molecule has 0 bridgehead atoms. The minimum Gasteiger partial charge on any atom is -0.360 e. The van der Waals surface area contributed by atoms with Crippen LogP contribution in [-0.2, 0) is 0 Å². The van der Waals surface area contributed by atoms with Gasteiger partial charge < -0.3 is 5.32 Å². The van der Waals surface area contributed by atoms with E-state index in [2.05, 4.69) is 42.1 Å². The van der Waals surface area contributed by atoms with E-state index in [0.29, 0.717) is 0 Å². The summed E-state index contributed by atoms with van der Waals surface area (Å²) in [4.78, 5) is 0. The van der Waals surface area contributed by atoms with Crippen molar-refractivity contribution in [2.45, 2.75) is 30.9 Å². The van der Waals surface area contributed by atoms with Crippen LogP contribution in [0.15, 0.2) is 4.34 Å². The summed E-state index contributed by atoms with van der Waals surface area (Å²) in [5, 5.41) is 13.5. The first-order valence-electron chi connectivity index (χ1n) is 4.71. The summed E-state index contributed by atoms with van der Waals surface area (Å²) < 4.78 is 1.09. The summed E-state index contributed by atoms with van der Waals surface area (Å²) in [5.74, 6) is 0. The summed E-state index contributed by atoms with van der Waals surface area (Å²) in [6, 6.07) is 0. The second-order valence-electron chi connectivity index (χ2n) is 4.25. The Morgan fingerprint density at radius 2 is 2.07 bits per heavy atom. The number of nitrogens with zero attached hydrogens (tertiary/aromatic N) is 2. The maximum Gasteiger partial charge on any atom is 0.206 e. The van der Waals surface area contributed by atoms with Gasteiger partial charge in [0.05, 0.1) is 8.07 Å². The van der Waals surface area contributed by atoms with Gasteiger partial charge in [-0.05, 0) is 12.3 Å². The molecule has 14 heavy (non-hydrogen) atoms. The fourth-order valence-electron chi connectivity index (χ4n) is 0.769. The minimum atomic E-state index is -0.968. The Morgan fingerprint density at radius 1 is 1.36 bits per heavy atom. The highest BCUT2D eigenvalue weighted by Crippen LogP contribution is 2.27. The fourth-order valence-corrected chi connectivity index (χ4v) is 4.64. The lowest BCUT2D eigenvalue weighted by Gasteiger charge is -2.12. The molecule has 0 radical (unpaired) electrons. The standard InChI is InChI=1S/C8H17N3S2Si/c1-5-9-7-10-11-8(13-7)12-6-14(2,3)4/h5-6H2,1-4H3,(H,9,10). The van der Waals surface area contributed by atoms with Crippen molar-refractivity contribution in [2.24, 2.45) is 0 Å². The van der Waals surface area contributed by atoms with Gasteiger partial charge in [-0.2, -0.15) is 0 Å². The van der Waals surface area contributed by atoms with Crippen molar-refractivity contribution in [3.05, 3.63) is 0 Å². The van der Waals surface area contributed by atoms with Crippen LogP contribution >= 0.6 is 23.1 Å². The largest absolute Gasteiger partial charge is 0.360 e. The van der Waals surface area contributed by atoms with E-state index in [0.717, 1.165) is 16.0 Å². The fraction of sp³-hybridized carbons (Fsp3) is 0.750. The van der Waals surface area contributed by atoms with Crippen LogP contribution in [0.5, 0.6) is 0 Å². The molecule has 0 aliphatic rings. The second-order valence-corrected chi connectivity index (χ2v) is 12.4. The van der Waals surface area contributed by atoms with Crippen molar-refractivity contribution < 1.29 is 0 Å². The van der Waals surface area contributed by atoms with Gasteiger partial charge in [0.25, 0.3) is 0 Å². The Labute approximate surface area is 94.7 Å². The van der Waals surface area contributed by atoms with E-state index in [1.165, 1.54) is 5.38 Å². The smallest absolute Gasteiger partial charge is 0.206 e. The molecular weight excluding hydrogens is 230 g/mol. The van der Waals surface area contributed by atoms with Gasteiger partial charge in [0.2, 0.25) is 5.13 Å². The molecule has 0 fully saturated rings. The van der Waals surface area contributed by atoms with Crippen molar-refractivity contribution in [3.63, 3.8) is 0 Å². The van der Waals surface area contributed by atoms with E-state index >= 15 is 0 Å². The van der Waals surface area contributed by atoms with Crippen molar-refractivity contribution in [1.82, 2.24) is 10.2 Å². The number of nitrogens with one attached hydrogen (secondary N) is 1. The van der Waals surface area contributed by atoms with E-state index in [1.54, 1.807) is 11.3 Å². The van der Waals surface area contributed by atoms with Crippen LogP contribution in [-0.4, -0.2) is 30.2 Å². The Hall–Kier alpha value is -0.0731. The molecule has 1 aromatic heterocycles. The van der Waals surface area contributed by atoms with Crippen LogP contribution in [0.3, 0.4) is 0 Å². The van der Waals surface area contributed by atoms with Gasteiger partial charge in [0.15, 0.2) is 4.34 Å². The molecule has 0 aliphatic heterocycles. The number of rotatable bonds is 5. The Kier molecular flexibility index (Phi) is 4.40. The lowest BCUT2D eigenvalue weighted by molar-refractivity contribution is 1.00. The number of thioether (sulfide) groups is 1. The molecule has 0 unspecified atom stereocenters. The van der Waals surface area contributed by atoms with Gasteiger partial charge >= 0.3 is 0 Å². The highest BCUT2D eigenvalue weighted by molar-refractivity contribution is 8.02. The maximum absolute atomic E-state index is 4.13. The van der Waals surface area contributed by atoms with Crippen LogP contribution < -0.4 is 5.32 Å². The predicted molar refractivity (Wildman–Crippen MR) is 68.1 cm³/mol. The molecule has 0 amide bonds.